The maximum absolute atomic E-state index is 13.2. The van der Waals surface area contributed by atoms with Gasteiger partial charge in [-0.25, -0.2) is 4.39 Å². The third-order valence-electron chi connectivity index (χ3n) is 2.53. The molecule has 0 unspecified atom stereocenters. The number of aromatic carboxylic acids is 1. The van der Waals surface area contributed by atoms with E-state index in [0.29, 0.717) is 16.7 Å². The van der Waals surface area contributed by atoms with Gasteiger partial charge in [-0.15, -0.1) is 0 Å². The molecule has 0 fully saturated rings. The fraction of sp³-hybridized carbons (Fsp3) is 0. The monoisotopic (exact) mass is 240 g/mol. The number of nitrogens with zero attached hydrogens (tertiary/aromatic N) is 1. The summed E-state index contributed by atoms with van der Waals surface area (Å²) in [5, 5.41) is 19.4. The highest BCUT2D eigenvalue weighted by molar-refractivity contribution is 5.88. The Bertz CT molecular complexity index is 642. The van der Waals surface area contributed by atoms with Gasteiger partial charge in [0.2, 0.25) is 0 Å². The molecule has 2 aromatic carbocycles. The standard InChI is InChI=1S/C14H8FNO2/c15-13-6-5-11(7-12(13)14(17)18)10-3-1-9(8-16)2-4-10/h1-7H,(H,17,18)/p-1. The van der Waals surface area contributed by atoms with Crippen molar-refractivity contribution in [1.82, 2.24) is 0 Å². The van der Waals surface area contributed by atoms with Crippen molar-refractivity contribution in [2.75, 3.05) is 0 Å². The first-order chi connectivity index (χ1) is 8.61. The molecule has 0 N–H and O–H groups in total. The molecule has 0 spiro atoms. The lowest BCUT2D eigenvalue weighted by Crippen LogP contribution is -2.23. The molecule has 0 heterocycles. The van der Waals surface area contributed by atoms with Crippen LogP contribution in [0.2, 0.25) is 0 Å². The molecule has 0 aliphatic rings. The molecule has 18 heavy (non-hydrogen) atoms. The maximum atomic E-state index is 13.2. The van der Waals surface area contributed by atoms with E-state index in [4.69, 9.17) is 5.26 Å². The second kappa shape index (κ2) is 4.68. The van der Waals surface area contributed by atoms with Crippen LogP contribution in [0, 0.1) is 17.1 Å². The van der Waals surface area contributed by atoms with Crippen molar-refractivity contribution < 1.29 is 14.3 Å². The molecule has 3 nitrogen and oxygen atoms in total. The van der Waals surface area contributed by atoms with Crippen LogP contribution < -0.4 is 5.11 Å². The van der Waals surface area contributed by atoms with Gasteiger partial charge in [-0.05, 0) is 35.4 Å². The van der Waals surface area contributed by atoms with Crippen LogP contribution in [0.4, 0.5) is 4.39 Å². The van der Waals surface area contributed by atoms with Crippen LogP contribution in [0.15, 0.2) is 42.5 Å². The van der Waals surface area contributed by atoms with Gasteiger partial charge >= 0.3 is 0 Å². The highest BCUT2D eigenvalue weighted by Crippen LogP contribution is 2.22. The molecule has 0 saturated heterocycles. The molecule has 0 atom stereocenters. The first-order valence-electron chi connectivity index (χ1n) is 5.13. The summed E-state index contributed by atoms with van der Waals surface area (Å²) in [4.78, 5) is 10.7. The zero-order chi connectivity index (χ0) is 13.1. The topological polar surface area (TPSA) is 63.9 Å². The maximum Gasteiger partial charge on any atom is 0.132 e. The van der Waals surface area contributed by atoms with Crippen LogP contribution in [0.5, 0.6) is 0 Å². The second-order valence-electron chi connectivity index (χ2n) is 3.67. The molecule has 0 saturated carbocycles. The summed E-state index contributed by atoms with van der Waals surface area (Å²) in [6, 6.07) is 12.3. The van der Waals surface area contributed by atoms with Crippen LogP contribution >= 0.6 is 0 Å². The van der Waals surface area contributed by atoms with Crippen LogP contribution in [-0.2, 0) is 0 Å². The van der Waals surface area contributed by atoms with Gasteiger partial charge in [0, 0.05) is 5.56 Å². The Hall–Kier alpha value is -2.67. The number of nitriles is 1. The summed E-state index contributed by atoms with van der Waals surface area (Å²) in [5.74, 6) is -2.38. The van der Waals surface area contributed by atoms with E-state index in [2.05, 4.69) is 0 Å². The number of carbonyl (C=O) groups is 1. The molecule has 0 aromatic heterocycles. The van der Waals surface area contributed by atoms with E-state index < -0.39 is 17.3 Å². The summed E-state index contributed by atoms with van der Waals surface area (Å²) >= 11 is 0. The molecule has 0 amide bonds. The van der Waals surface area contributed by atoms with Crippen molar-refractivity contribution in [3.8, 4) is 17.2 Å². The van der Waals surface area contributed by atoms with Crippen molar-refractivity contribution >= 4 is 5.97 Å². The average Bonchev–Trinajstić information content (AvgIpc) is 2.39. The predicted octanol–water partition coefficient (Wildman–Crippen LogP) is 1.73. The Labute approximate surface area is 103 Å². The van der Waals surface area contributed by atoms with Gasteiger partial charge in [-0.1, -0.05) is 18.2 Å². The lowest BCUT2D eigenvalue weighted by atomic mass is 10.0. The number of rotatable bonds is 2. The van der Waals surface area contributed by atoms with Crippen molar-refractivity contribution in [2.45, 2.75) is 0 Å². The zero-order valence-corrected chi connectivity index (χ0v) is 9.18. The average molecular weight is 240 g/mol. The van der Waals surface area contributed by atoms with E-state index in [1.54, 1.807) is 24.3 Å². The Balaban J connectivity index is 2.48. The highest BCUT2D eigenvalue weighted by Gasteiger charge is 2.06. The van der Waals surface area contributed by atoms with Gasteiger partial charge in [-0.3, -0.25) is 0 Å². The smallest absolute Gasteiger partial charge is 0.132 e. The SMILES string of the molecule is N#Cc1ccc(-c2ccc(F)c(C(=O)[O-])c2)cc1. The van der Waals surface area contributed by atoms with Crippen LogP contribution in [0.25, 0.3) is 11.1 Å². The minimum Gasteiger partial charge on any atom is -0.545 e. The fourth-order valence-electron chi connectivity index (χ4n) is 1.60. The van der Waals surface area contributed by atoms with E-state index in [1.807, 2.05) is 6.07 Å². The highest BCUT2D eigenvalue weighted by atomic mass is 19.1. The Morgan fingerprint density at radius 1 is 1.11 bits per heavy atom. The van der Waals surface area contributed by atoms with Crippen molar-refractivity contribution in [1.29, 1.82) is 5.26 Å². The molecule has 4 heteroatoms. The van der Waals surface area contributed by atoms with Gasteiger partial charge in [0.05, 0.1) is 17.6 Å². The minimum absolute atomic E-state index is 0.475. The molecule has 88 valence electrons. The second-order valence-corrected chi connectivity index (χ2v) is 3.67. The van der Waals surface area contributed by atoms with Crippen LogP contribution in [0.3, 0.4) is 0 Å². The number of carbonyl (C=O) groups excluding carboxylic acids is 1. The molecular weight excluding hydrogens is 233 g/mol. The summed E-state index contributed by atoms with van der Waals surface area (Å²) in [6.45, 7) is 0. The van der Waals surface area contributed by atoms with Gasteiger partial charge in [0.1, 0.15) is 5.82 Å². The molecule has 0 aliphatic heterocycles. The van der Waals surface area contributed by atoms with E-state index in [9.17, 15) is 14.3 Å². The number of halogens is 1. The summed E-state index contributed by atoms with van der Waals surface area (Å²) in [7, 11) is 0. The summed E-state index contributed by atoms with van der Waals surface area (Å²) in [5.41, 5.74) is 1.29. The van der Waals surface area contributed by atoms with Gasteiger partial charge < -0.3 is 9.90 Å². The van der Waals surface area contributed by atoms with E-state index in [-0.39, 0.29) is 0 Å². The molecular formula is C14H7FNO2-. The molecule has 2 rings (SSSR count). The van der Waals surface area contributed by atoms with E-state index in [1.165, 1.54) is 12.1 Å². The predicted molar refractivity (Wildman–Crippen MR) is 60.9 cm³/mol. The van der Waals surface area contributed by atoms with Gasteiger partial charge in [0.15, 0.2) is 0 Å². The first kappa shape index (κ1) is 11.8. The Morgan fingerprint density at radius 3 is 2.28 bits per heavy atom. The van der Waals surface area contributed by atoms with Gasteiger partial charge in [0.25, 0.3) is 0 Å². The number of carboxylic acids is 1. The minimum atomic E-state index is -1.55. The molecule has 0 aliphatic carbocycles. The van der Waals surface area contributed by atoms with Crippen molar-refractivity contribution in [3.05, 3.63) is 59.4 Å². The molecule has 2 aromatic rings. The Morgan fingerprint density at radius 2 is 1.72 bits per heavy atom. The summed E-state index contributed by atoms with van der Waals surface area (Å²) < 4.78 is 13.2. The Kier molecular flexibility index (Phi) is 3.07. The fourth-order valence-corrected chi connectivity index (χ4v) is 1.60. The number of carboxylic acid groups (broad SMARTS) is 1. The van der Waals surface area contributed by atoms with Crippen LogP contribution in [-0.4, -0.2) is 5.97 Å². The van der Waals surface area contributed by atoms with Crippen LogP contribution in [0.1, 0.15) is 15.9 Å². The number of benzene rings is 2. The number of hydrogen-bond acceptors (Lipinski definition) is 3. The third kappa shape index (κ3) is 2.20. The zero-order valence-electron chi connectivity index (χ0n) is 9.18. The normalized spacial score (nSPS) is 9.78. The van der Waals surface area contributed by atoms with Crippen molar-refractivity contribution in [2.24, 2.45) is 0 Å². The third-order valence-corrected chi connectivity index (χ3v) is 2.53. The summed E-state index contributed by atoms with van der Waals surface area (Å²) in [6.07, 6.45) is 0. The van der Waals surface area contributed by atoms with E-state index in [0.717, 1.165) is 6.07 Å². The first-order valence-corrected chi connectivity index (χ1v) is 5.13. The lowest BCUT2D eigenvalue weighted by molar-refractivity contribution is -0.255. The molecule has 0 bridgehead atoms. The lowest BCUT2D eigenvalue weighted by Gasteiger charge is -2.07. The largest absolute Gasteiger partial charge is 0.545 e. The number of hydrogen-bond donors (Lipinski definition) is 0. The van der Waals surface area contributed by atoms with Gasteiger partial charge in [-0.2, -0.15) is 5.26 Å². The molecule has 0 radical (unpaired) electrons. The van der Waals surface area contributed by atoms with E-state index >= 15 is 0 Å². The quantitative estimate of drug-likeness (QED) is 0.802. The van der Waals surface area contributed by atoms with Crippen molar-refractivity contribution in [3.63, 3.8) is 0 Å².